The molecule has 10 heteroatoms. The molecule has 4 aromatic rings. The Morgan fingerprint density at radius 1 is 0.944 bits per heavy atom. The van der Waals surface area contributed by atoms with Gasteiger partial charge >= 0.3 is 12.1 Å². The van der Waals surface area contributed by atoms with E-state index in [1.807, 2.05) is 43.9 Å². The minimum absolute atomic E-state index is 0.149. The monoisotopic (exact) mass is 727 g/mol. The minimum Gasteiger partial charge on any atom is -0.463 e. The highest BCUT2D eigenvalue weighted by atomic mass is 16.6. The summed E-state index contributed by atoms with van der Waals surface area (Å²) in [6.45, 7) is 10.2. The number of hydrogen-bond acceptors (Lipinski definition) is 9. The number of benzene rings is 3. The standard InChI is InChI=1S/C44H53N7O3/c1-42(2,3)54-41(52)51-27-26-50(30-44(51,22-23-45)28-32-12-6-5-7-13-32)39-35-19-25-49(37-17-10-15-33-14-8-9-16-34(33)37)29-36(35)46-40(47-39)53-31-43(20-21-43)38-18-11-24-48(38)4/h5-10,12-17,38H,11,18-22,24-31H2,1-4H3/t38-,44+/m0/s1. The molecule has 4 aliphatic rings. The van der Waals surface area contributed by atoms with Crippen LogP contribution >= 0.6 is 0 Å². The fraction of sp³-hybridized carbons (Fsp3) is 0.500. The Morgan fingerprint density at radius 3 is 2.46 bits per heavy atom. The number of anilines is 2. The summed E-state index contributed by atoms with van der Waals surface area (Å²) in [5.74, 6) is 0.856. The van der Waals surface area contributed by atoms with Crippen molar-refractivity contribution >= 4 is 28.4 Å². The van der Waals surface area contributed by atoms with E-state index in [4.69, 9.17) is 19.4 Å². The number of amides is 1. The van der Waals surface area contributed by atoms with Crippen molar-refractivity contribution in [1.29, 1.82) is 5.26 Å². The number of carbonyl (C=O) groups is 1. The fourth-order valence-corrected chi connectivity index (χ4v) is 9.28. The molecule has 10 nitrogen and oxygen atoms in total. The number of nitrogens with zero attached hydrogens (tertiary/aromatic N) is 7. The van der Waals surface area contributed by atoms with Crippen LogP contribution in [0.4, 0.5) is 16.3 Å². The molecular weight excluding hydrogens is 675 g/mol. The highest BCUT2D eigenvalue weighted by Crippen LogP contribution is 2.53. The van der Waals surface area contributed by atoms with Gasteiger partial charge in [-0.05, 0) is 89.9 Å². The molecule has 3 aromatic carbocycles. The third-order valence-electron chi connectivity index (χ3n) is 12.1. The van der Waals surface area contributed by atoms with Gasteiger partial charge in [0.25, 0.3) is 0 Å². The molecule has 0 unspecified atom stereocenters. The molecule has 1 aromatic heterocycles. The van der Waals surface area contributed by atoms with Gasteiger partial charge in [-0.3, -0.25) is 4.90 Å². The van der Waals surface area contributed by atoms with E-state index in [9.17, 15) is 10.1 Å². The summed E-state index contributed by atoms with van der Waals surface area (Å²) in [5, 5.41) is 12.8. The molecule has 1 saturated carbocycles. The Balaban J connectivity index is 1.16. The summed E-state index contributed by atoms with van der Waals surface area (Å²) in [6.07, 6.45) is 5.81. The summed E-state index contributed by atoms with van der Waals surface area (Å²) in [4.78, 5) is 33.4. The van der Waals surface area contributed by atoms with E-state index in [0.29, 0.717) is 51.3 Å². The zero-order chi connectivity index (χ0) is 37.5. The molecule has 2 saturated heterocycles. The molecule has 1 aliphatic carbocycles. The van der Waals surface area contributed by atoms with Crippen LogP contribution in [-0.4, -0.2) is 89.4 Å². The summed E-state index contributed by atoms with van der Waals surface area (Å²) in [6, 6.07) is 28.6. The van der Waals surface area contributed by atoms with Crippen LogP contribution in [0.1, 0.15) is 69.7 Å². The molecule has 0 radical (unpaired) electrons. The van der Waals surface area contributed by atoms with Gasteiger partial charge in [0.15, 0.2) is 0 Å². The number of ether oxygens (including phenoxy) is 2. The van der Waals surface area contributed by atoms with E-state index in [-0.39, 0.29) is 17.9 Å². The number of piperazine rings is 1. The largest absolute Gasteiger partial charge is 0.463 e. The van der Waals surface area contributed by atoms with Crippen LogP contribution in [0.15, 0.2) is 72.8 Å². The lowest BCUT2D eigenvalue weighted by Crippen LogP contribution is -2.66. The molecule has 0 N–H and O–H groups in total. The predicted octanol–water partition coefficient (Wildman–Crippen LogP) is 7.40. The Morgan fingerprint density at radius 2 is 1.72 bits per heavy atom. The van der Waals surface area contributed by atoms with Crippen molar-refractivity contribution in [3.63, 3.8) is 0 Å². The van der Waals surface area contributed by atoms with Crippen molar-refractivity contribution in [2.24, 2.45) is 5.41 Å². The van der Waals surface area contributed by atoms with Crippen molar-refractivity contribution in [2.75, 3.05) is 56.2 Å². The summed E-state index contributed by atoms with van der Waals surface area (Å²) >= 11 is 0. The van der Waals surface area contributed by atoms with Gasteiger partial charge in [-0.15, -0.1) is 0 Å². The lowest BCUT2D eigenvalue weighted by molar-refractivity contribution is -0.00685. The molecule has 0 bridgehead atoms. The molecule has 1 amide bonds. The number of rotatable bonds is 9. The van der Waals surface area contributed by atoms with Gasteiger partial charge in [0.05, 0.1) is 36.9 Å². The van der Waals surface area contributed by atoms with Gasteiger partial charge in [-0.1, -0.05) is 66.7 Å². The predicted molar refractivity (Wildman–Crippen MR) is 212 cm³/mol. The van der Waals surface area contributed by atoms with Crippen LogP contribution in [0.5, 0.6) is 6.01 Å². The highest BCUT2D eigenvalue weighted by Gasteiger charge is 2.53. The topological polar surface area (TPSA) is 98.1 Å². The average Bonchev–Trinajstić information content (AvgIpc) is 3.82. The Labute approximate surface area is 319 Å². The zero-order valence-corrected chi connectivity index (χ0v) is 32.3. The number of hydrogen-bond donors (Lipinski definition) is 0. The van der Waals surface area contributed by atoms with Crippen LogP contribution in [0.25, 0.3) is 10.8 Å². The molecule has 4 heterocycles. The second-order valence-corrected chi connectivity index (χ2v) is 17.0. The smallest absolute Gasteiger partial charge is 0.410 e. The van der Waals surface area contributed by atoms with Crippen molar-refractivity contribution < 1.29 is 14.3 Å². The van der Waals surface area contributed by atoms with Gasteiger partial charge < -0.3 is 24.2 Å². The van der Waals surface area contributed by atoms with Crippen molar-refractivity contribution in [3.05, 3.63) is 89.6 Å². The van der Waals surface area contributed by atoms with E-state index < -0.39 is 11.1 Å². The van der Waals surface area contributed by atoms with Gasteiger partial charge in [0, 0.05) is 54.3 Å². The number of carbonyl (C=O) groups excluding carboxylic acids is 1. The van der Waals surface area contributed by atoms with Crippen LogP contribution in [-0.2, 0) is 24.1 Å². The highest BCUT2D eigenvalue weighted by molar-refractivity contribution is 5.94. The fourth-order valence-electron chi connectivity index (χ4n) is 9.28. The maximum Gasteiger partial charge on any atom is 0.410 e. The van der Waals surface area contributed by atoms with Crippen LogP contribution < -0.4 is 14.5 Å². The molecule has 0 spiro atoms. The lowest BCUT2D eigenvalue weighted by Gasteiger charge is -2.50. The van der Waals surface area contributed by atoms with Crippen molar-refractivity contribution in [1.82, 2.24) is 19.8 Å². The second kappa shape index (κ2) is 14.4. The lowest BCUT2D eigenvalue weighted by atomic mass is 9.83. The first kappa shape index (κ1) is 36.1. The molecular formula is C44H53N7O3. The van der Waals surface area contributed by atoms with E-state index in [1.165, 1.54) is 29.3 Å². The van der Waals surface area contributed by atoms with Gasteiger partial charge in [0.1, 0.15) is 11.4 Å². The summed E-state index contributed by atoms with van der Waals surface area (Å²) in [7, 11) is 2.24. The summed E-state index contributed by atoms with van der Waals surface area (Å²) in [5.41, 5.74) is 2.99. The normalized spacial score (nSPS) is 22.5. The average molecular weight is 728 g/mol. The molecule has 3 fully saturated rings. The van der Waals surface area contributed by atoms with Crippen molar-refractivity contribution in [3.8, 4) is 12.1 Å². The quantitative estimate of drug-likeness (QED) is 0.175. The first-order valence-corrected chi connectivity index (χ1v) is 19.7. The number of fused-ring (bicyclic) bond motifs is 2. The van der Waals surface area contributed by atoms with Gasteiger partial charge in [-0.25, -0.2) is 4.79 Å². The SMILES string of the molecule is CN1CCC[C@H]1C1(COc2nc3c(c(N4CCN(C(=O)OC(C)(C)C)[C@](CC#N)(Cc5ccccc5)C4)n2)CCN(c2cccc4ccccc24)C3)CC1. The minimum atomic E-state index is -0.843. The van der Waals surface area contributed by atoms with Crippen LogP contribution in [0.2, 0.25) is 0 Å². The maximum atomic E-state index is 13.9. The van der Waals surface area contributed by atoms with Crippen LogP contribution in [0.3, 0.4) is 0 Å². The molecule has 8 rings (SSSR count). The van der Waals surface area contributed by atoms with E-state index in [2.05, 4.69) is 82.4 Å². The zero-order valence-electron chi connectivity index (χ0n) is 32.3. The van der Waals surface area contributed by atoms with Gasteiger partial charge in [0.2, 0.25) is 0 Å². The summed E-state index contributed by atoms with van der Waals surface area (Å²) < 4.78 is 12.7. The number of likely N-dealkylation sites (tertiary alicyclic amines) is 1. The molecule has 54 heavy (non-hydrogen) atoms. The first-order chi connectivity index (χ1) is 26.1. The molecule has 2 atom stereocenters. The molecule has 3 aliphatic heterocycles. The van der Waals surface area contributed by atoms with E-state index >= 15 is 0 Å². The van der Waals surface area contributed by atoms with Crippen LogP contribution in [0, 0.1) is 16.7 Å². The van der Waals surface area contributed by atoms with Crippen molar-refractivity contribution in [2.45, 2.75) is 89.4 Å². The van der Waals surface area contributed by atoms with E-state index in [1.54, 1.807) is 0 Å². The molecule has 282 valence electrons. The Hall–Kier alpha value is -4.88. The Kier molecular flexibility index (Phi) is 9.63. The second-order valence-electron chi connectivity index (χ2n) is 17.0. The third kappa shape index (κ3) is 7.18. The Bertz CT molecular complexity index is 2030. The first-order valence-electron chi connectivity index (χ1n) is 19.7. The third-order valence-corrected chi connectivity index (χ3v) is 12.1. The van der Waals surface area contributed by atoms with E-state index in [0.717, 1.165) is 55.0 Å². The maximum absolute atomic E-state index is 13.9. The van der Waals surface area contributed by atoms with Gasteiger partial charge in [-0.2, -0.15) is 15.2 Å². The number of aromatic nitrogens is 2. The number of nitriles is 1.